The van der Waals surface area contributed by atoms with Gasteiger partial charge in [0.05, 0.1) is 12.2 Å². The maximum Gasteiger partial charge on any atom is 0.258 e. The highest BCUT2D eigenvalue weighted by atomic mass is 16.5. The lowest BCUT2D eigenvalue weighted by atomic mass is 10.2. The summed E-state index contributed by atoms with van der Waals surface area (Å²) in [6, 6.07) is 11.0. The van der Waals surface area contributed by atoms with Crippen molar-refractivity contribution in [3.63, 3.8) is 0 Å². The van der Waals surface area contributed by atoms with E-state index in [1.165, 1.54) is 5.56 Å². The zero-order valence-corrected chi connectivity index (χ0v) is 13.4. The van der Waals surface area contributed by atoms with Crippen molar-refractivity contribution in [2.45, 2.75) is 19.9 Å². The maximum atomic E-state index is 11.9. The summed E-state index contributed by atoms with van der Waals surface area (Å²) in [5.41, 5.74) is 2.35. The minimum absolute atomic E-state index is 0.0515. The van der Waals surface area contributed by atoms with E-state index in [1.807, 2.05) is 24.3 Å². The van der Waals surface area contributed by atoms with Crippen molar-refractivity contribution < 1.29 is 14.6 Å². The first-order valence-corrected chi connectivity index (χ1v) is 7.79. The van der Waals surface area contributed by atoms with Gasteiger partial charge in [0.2, 0.25) is 0 Å². The monoisotopic (exact) mass is 325 g/mol. The molecule has 0 saturated heterocycles. The number of hydrogen-bond acceptors (Lipinski definition) is 4. The number of carbonyl (C=O) groups excluding carboxylic acids is 1. The SMILES string of the molecule is CCc1ccc(OCC(=O)NCc2cn3cccc(O)c3n2)cc1. The van der Waals surface area contributed by atoms with Crippen LogP contribution in [-0.4, -0.2) is 27.0 Å². The molecule has 0 unspecified atom stereocenters. The number of aromatic nitrogens is 2. The highest BCUT2D eigenvalue weighted by Crippen LogP contribution is 2.16. The number of amides is 1. The molecule has 0 fully saturated rings. The largest absolute Gasteiger partial charge is 0.504 e. The number of nitrogens with zero attached hydrogens (tertiary/aromatic N) is 2. The molecule has 1 aromatic carbocycles. The Hall–Kier alpha value is -3.02. The van der Waals surface area contributed by atoms with Gasteiger partial charge in [0.1, 0.15) is 5.75 Å². The van der Waals surface area contributed by atoms with E-state index in [0.29, 0.717) is 17.1 Å². The fourth-order valence-corrected chi connectivity index (χ4v) is 2.34. The van der Waals surface area contributed by atoms with E-state index >= 15 is 0 Å². The molecular formula is C18H19N3O3. The van der Waals surface area contributed by atoms with Crippen molar-refractivity contribution in [1.82, 2.24) is 14.7 Å². The zero-order chi connectivity index (χ0) is 16.9. The van der Waals surface area contributed by atoms with Crippen LogP contribution < -0.4 is 10.1 Å². The highest BCUT2D eigenvalue weighted by molar-refractivity contribution is 5.77. The maximum absolute atomic E-state index is 11.9. The number of aromatic hydroxyl groups is 1. The highest BCUT2D eigenvalue weighted by Gasteiger charge is 2.07. The number of aryl methyl sites for hydroxylation is 1. The van der Waals surface area contributed by atoms with Crippen LogP contribution in [0.15, 0.2) is 48.8 Å². The van der Waals surface area contributed by atoms with Crippen LogP contribution >= 0.6 is 0 Å². The third-order valence-electron chi connectivity index (χ3n) is 3.68. The van der Waals surface area contributed by atoms with E-state index in [2.05, 4.69) is 17.2 Å². The van der Waals surface area contributed by atoms with Gasteiger partial charge in [-0.2, -0.15) is 0 Å². The average molecular weight is 325 g/mol. The Bertz CT molecular complexity index is 840. The second kappa shape index (κ2) is 7.04. The molecule has 0 aliphatic rings. The fraction of sp³-hybridized carbons (Fsp3) is 0.222. The van der Waals surface area contributed by atoms with Gasteiger partial charge in [-0.25, -0.2) is 4.98 Å². The topological polar surface area (TPSA) is 75.9 Å². The predicted octanol–water partition coefficient (Wildman–Crippen LogP) is 2.30. The van der Waals surface area contributed by atoms with E-state index in [0.717, 1.165) is 6.42 Å². The third kappa shape index (κ3) is 3.65. The summed E-state index contributed by atoms with van der Waals surface area (Å²) in [6.45, 7) is 2.31. The summed E-state index contributed by atoms with van der Waals surface area (Å²) in [7, 11) is 0. The number of benzene rings is 1. The summed E-state index contributed by atoms with van der Waals surface area (Å²) in [5.74, 6) is 0.546. The summed E-state index contributed by atoms with van der Waals surface area (Å²) >= 11 is 0. The molecule has 3 aromatic rings. The molecule has 24 heavy (non-hydrogen) atoms. The number of nitrogens with one attached hydrogen (secondary N) is 1. The van der Waals surface area contributed by atoms with Gasteiger partial charge in [-0.05, 0) is 36.2 Å². The quantitative estimate of drug-likeness (QED) is 0.729. The predicted molar refractivity (Wildman–Crippen MR) is 90.0 cm³/mol. The Morgan fingerprint density at radius 1 is 1.29 bits per heavy atom. The van der Waals surface area contributed by atoms with Gasteiger partial charge in [-0.1, -0.05) is 19.1 Å². The van der Waals surface area contributed by atoms with Crippen molar-refractivity contribution >= 4 is 11.6 Å². The Balaban J connectivity index is 1.51. The van der Waals surface area contributed by atoms with E-state index in [-0.39, 0.29) is 24.8 Å². The van der Waals surface area contributed by atoms with Gasteiger partial charge >= 0.3 is 0 Å². The van der Waals surface area contributed by atoms with Crippen LogP contribution in [0.3, 0.4) is 0 Å². The summed E-state index contributed by atoms with van der Waals surface area (Å²) in [6.07, 6.45) is 4.52. The molecule has 2 N–H and O–H groups in total. The van der Waals surface area contributed by atoms with E-state index in [9.17, 15) is 9.90 Å². The Kier molecular flexibility index (Phi) is 4.65. The van der Waals surface area contributed by atoms with Crippen LogP contribution in [-0.2, 0) is 17.8 Å². The number of hydrogen-bond donors (Lipinski definition) is 2. The first-order valence-electron chi connectivity index (χ1n) is 7.79. The molecule has 3 rings (SSSR count). The van der Waals surface area contributed by atoms with Crippen LogP contribution in [0.5, 0.6) is 11.5 Å². The minimum Gasteiger partial charge on any atom is -0.504 e. The van der Waals surface area contributed by atoms with Crippen molar-refractivity contribution in [1.29, 1.82) is 0 Å². The van der Waals surface area contributed by atoms with Crippen molar-refractivity contribution in [2.75, 3.05) is 6.61 Å². The van der Waals surface area contributed by atoms with E-state index in [1.54, 1.807) is 28.9 Å². The molecule has 0 aliphatic carbocycles. The number of carbonyl (C=O) groups is 1. The number of rotatable bonds is 6. The molecule has 2 heterocycles. The van der Waals surface area contributed by atoms with Crippen LogP contribution in [0.2, 0.25) is 0 Å². The molecule has 0 radical (unpaired) electrons. The standard InChI is InChI=1S/C18H19N3O3/c1-2-13-5-7-15(8-6-13)24-12-17(23)19-10-14-11-21-9-3-4-16(22)18(21)20-14/h3-9,11,22H,2,10,12H2,1H3,(H,19,23). The Morgan fingerprint density at radius 3 is 2.79 bits per heavy atom. The third-order valence-corrected chi connectivity index (χ3v) is 3.68. The molecule has 0 saturated carbocycles. The van der Waals surface area contributed by atoms with Crippen molar-refractivity contribution in [3.05, 3.63) is 60.0 Å². The lowest BCUT2D eigenvalue weighted by Gasteiger charge is -2.07. The molecule has 0 aliphatic heterocycles. The lowest BCUT2D eigenvalue weighted by molar-refractivity contribution is -0.123. The van der Waals surface area contributed by atoms with Gasteiger partial charge in [-0.15, -0.1) is 0 Å². The lowest BCUT2D eigenvalue weighted by Crippen LogP contribution is -2.28. The van der Waals surface area contributed by atoms with Crippen LogP contribution in [0.25, 0.3) is 5.65 Å². The second-order valence-corrected chi connectivity index (χ2v) is 5.42. The molecule has 6 nitrogen and oxygen atoms in total. The number of ether oxygens (including phenoxy) is 1. The van der Waals surface area contributed by atoms with Crippen molar-refractivity contribution in [3.8, 4) is 11.5 Å². The van der Waals surface area contributed by atoms with E-state index < -0.39 is 0 Å². The number of imidazole rings is 1. The first kappa shape index (κ1) is 15.9. The molecular weight excluding hydrogens is 306 g/mol. The Labute approximate surface area is 139 Å². The molecule has 0 bridgehead atoms. The first-order chi connectivity index (χ1) is 11.7. The molecule has 1 amide bonds. The smallest absolute Gasteiger partial charge is 0.258 e. The van der Waals surface area contributed by atoms with Crippen LogP contribution in [0.1, 0.15) is 18.2 Å². The van der Waals surface area contributed by atoms with Gasteiger partial charge in [-0.3, -0.25) is 4.79 Å². The molecule has 0 atom stereocenters. The van der Waals surface area contributed by atoms with Gasteiger partial charge < -0.3 is 19.6 Å². The van der Waals surface area contributed by atoms with Crippen LogP contribution in [0, 0.1) is 0 Å². The van der Waals surface area contributed by atoms with Gasteiger partial charge in [0, 0.05) is 12.4 Å². The summed E-state index contributed by atoms with van der Waals surface area (Å²) < 4.78 is 7.17. The molecule has 124 valence electrons. The fourth-order valence-electron chi connectivity index (χ4n) is 2.34. The number of fused-ring (bicyclic) bond motifs is 1. The van der Waals surface area contributed by atoms with Crippen LogP contribution in [0.4, 0.5) is 0 Å². The summed E-state index contributed by atoms with van der Waals surface area (Å²) in [4.78, 5) is 16.2. The molecule has 2 aromatic heterocycles. The molecule has 6 heteroatoms. The Morgan fingerprint density at radius 2 is 2.08 bits per heavy atom. The minimum atomic E-state index is -0.226. The van der Waals surface area contributed by atoms with Gasteiger partial charge in [0.25, 0.3) is 5.91 Å². The molecule has 0 spiro atoms. The summed E-state index contributed by atoms with van der Waals surface area (Å²) in [5, 5.41) is 12.5. The van der Waals surface area contributed by atoms with Gasteiger partial charge in [0.15, 0.2) is 18.0 Å². The average Bonchev–Trinajstić information content (AvgIpc) is 3.03. The zero-order valence-electron chi connectivity index (χ0n) is 13.4. The van der Waals surface area contributed by atoms with E-state index in [4.69, 9.17) is 4.74 Å². The van der Waals surface area contributed by atoms with Crippen molar-refractivity contribution in [2.24, 2.45) is 0 Å². The second-order valence-electron chi connectivity index (χ2n) is 5.42. The number of pyridine rings is 1. The normalized spacial score (nSPS) is 10.7.